The van der Waals surface area contributed by atoms with E-state index in [9.17, 15) is 0 Å². The fraction of sp³-hybridized carbons (Fsp3) is 0.276. The van der Waals surface area contributed by atoms with Crippen LogP contribution in [0.25, 0.3) is 0 Å². The van der Waals surface area contributed by atoms with Crippen LogP contribution in [0.2, 0.25) is 0 Å². The number of ether oxygens (including phenoxy) is 2. The molecule has 7 heteroatoms. The van der Waals surface area contributed by atoms with E-state index in [-0.39, 0.29) is 0 Å². The van der Waals surface area contributed by atoms with Gasteiger partial charge in [0.05, 0.1) is 0 Å². The molecule has 3 aromatic rings. The van der Waals surface area contributed by atoms with Crippen LogP contribution in [0.5, 0.6) is 11.5 Å². The molecule has 4 rings (SSSR count). The summed E-state index contributed by atoms with van der Waals surface area (Å²) >= 11 is -1.92. The minimum absolute atomic E-state index is 0.761. The van der Waals surface area contributed by atoms with E-state index in [1.807, 2.05) is 47.1 Å². The first-order valence-corrected chi connectivity index (χ1v) is 17.2. The molecular formula is C29H33Cl2N2O2Ru-. The average molecular weight is 614 g/mol. The van der Waals surface area contributed by atoms with E-state index in [0.29, 0.717) is 0 Å². The predicted octanol–water partition coefficient (Wildman–Crippen LogP) is 7.90. The zero-order valence-corrected chi connectivity index (χ0v) is 24.6. The van der Waals surface area contributed by atoms with Gasteiger partial charge in [0.1, 0.15) is 0 Å². The molecule has 194 valence electrons. The van der Waals surface area contributed by atoms with Gasteiger partial charge in [0.15, 0.2) is 0 Å². The van der Waals surface area contributed by atoms with Crippen molar-refractivity contribution < 1.29 is 23.0 Å². The molecule has 1 aliphatic rings. The van der Waals surface area contributed by atoms with Crippen LogP contribution in [0, 0.1) is 27.3 Å². The quantitative estimate of drug-likeness (QED) is 0.161. The first-order chi connectivity index (χ1) is 17.3. The molecule has 0 amide bonds. The van der Waals surface area contributed by atoms with Crippen LogP contribution in [0.3, 0.4) is 0 Å². The summed E-state index contributed by atoms with van der Waals surface area (Å²) < 4.78 is 12.2. The van der Waals surface area contributed by atoms with Crippen LogP contribution in [0.15, 0.2) is 59.6 Å². The smallest absolute Gasteiger partial charge is 0.0130 e. The Kier molecular flexibility index (Phi) is 11.0. The number of hydrogen-bond donors (Lipinski definition) is 0. The minimum atomic E-state index is -1.92. The number of rotatable bonds is 6. The Morgan fingerprint density at radius 2 is 1.53 bits per heavy atom. The molecule has 1 fully saturated rings. The number of halogens is 2. The fourth-order valence-electron chi connectivity index (χ4n) is 4.21. The molecule has 0 atom stereocenters. The van der Waals surface area contributed by atoms with Crippen molar-refractivity contribution in [3.63, 3.8) is 0 Å². The molecule has 1 heterocycles. The van der Waals surface area contributed by atoms with E-state index in [1.54, 1.807) is 20.4 Å². The Bertz CT molecular complexity index is 1190. The molecule has 0 bridgehead atoms. The zero-order valence-electron chi connectivity index (χ0n) is 21.4. The maximum atomic E-state index is 5.98. The molecule has 0 spiro atoms. The fourth-order valence-corrected chi connectivity index (χ4v) is 6.04. The van der Waals surface area contributed by atoms with Crippen LogP contribution in [0.1, 0.15) is 40.7 Å². The van der Waals surface area contributed by atoms with Gasteiger partial charge in [-0.3, -0.25) is 0 Å². The first kappa shape index (κ1) is 28.4. The minimum Gasteiger partial charge on any atom is -0.522 e. The molecule has 1 saturated heterocycles. The summed E-state index contributed by atoms with van der Waals surface area (Å²) in [4.78, 5) is 6.87. The SMILES string of the molecule is COc1ccc(N=Cc2ccc(OC)cc2[CH]=[Ru]([Cl])[Cl])cc1.Cc1cc(C)c(N2[CH-]CCC2)c(C)c1. The molecular weight excluding hydrogens is 580 g/mol. The van der Waals surface area contributed by atoms with Gasteiger partial charge in [0.25, 0.3) is 0 Å². The summed E-state index contributed by atoms with van der Waals surface area (Å²) in [7, 11) is 15.2. The van der Waals surface area contributed by atoms with Crippen molar-refractivity contribution in [3.05, 3.63) is 89.0 Å². The Hall–Kier alpha value is -2.20. The molecule has 36 heavy (non-hydrogen) atoms. The summed E-state index contributed by atoms with van der Waals surface area (Å²) in [6.45, 7) is 10.1. The Balaban J connectivity index is 0.000000221. The molecule has 0 aliphatic carbocycles. The van der Waals surface area contributed by atoms with Crippen LogP contribution in [-0.2, 0) is 13.5 Å². The van der Waals surface area contributed by atoms with Crippen LogP contribution >= 0.6 is 19.4 Å². The zero-order chi connectivity index (χ0) is 26.1. The van der Waals surface area contributed by atoms with Crippen LogP contribution in [0.4, 0.5) is 11.4 Å². The van der Waals surface area contributed by atoms with E-state index in [1.165, 1.54) is 41.8 Å². The van der Waals surface area contributed by atoms with Gasteiger partial charge < -0.3 is 4.90 Å². The third kappa shape index (κ3) is 8.16. The molecule has 0 radical (unpaired) electrons. The number of nitrogens with zero attached hydrogens (tertiary/aromatic N) is 2. The van der Waals surface area contributed by atoms with Gasteiger partial charge >= 0.3 is 143 Å². The number of hydrogen-bond acceptors (Lipinski definition) is 4. The van der Waals surface area contributed by atoms with Crippen molar-refractivity contribution in [2.45, 2.75) is 33.6 Å². The van der Waals surface area contributed by atoms with Crippen molar-refractivity contribution in [3.8, 4) is 11.5 Å². The standard InChI is InChI=1S/C16H15NO2.C13H18N.2ClH.Ru/c1-12-10-16(19-3)7-4-13(12)11-17-14-5-8-15(18-2)9-6-14;1-10-8-11(2)13(12(3)9-10)14-6-4-5-7-14;;;/h1,4-11H,2-3H3;6,8-9H,4-5,7H2,1-3H3;2*1H;/q;-1;;;+2/p-2. The van der Waals surface area contributed by atoms with Crippen molar-refractivity contribution >= 4 is 41.6 Å². The summed E-state index contributed by atoms with van der Waals surface area (Å²) in [5, 5.41) is 0. The van der Waals surface area contributed by atoms with Gasteiger partial charge in [-0.1, -0.05) is 24.1 Å². The molecule has 4 nitrogen and oxygen atoms in total. The van der Waals surface area contributed by atoms with E-state index in [4.69, 9.17) is 28.9 Å². The number of methoxy groups -OCH3 is 2. The number of aryl methyl sites for hydroxylation is 3. The maximum absolute atomic E-state index is 5.98. The molecule has 0 N–H and O–H groups in total. The van der Waals surface area contributed by atoms with Crippen molar-refractivity contribution in [1.82, 2.24) is 0 Å². The second-order valence-corrected chi connectivity index (χ2v) is 14.2. The molecule has 0 saturated carbocycles. The summed E-state index contributed by atoms with van der Waals surface area (Å²) in [5.41, 5.74) is 8.31. The predicted molar refractivity (Wildman–Crippen MR) is 152 cm³/mol. The summed E-state index contributed by atoms with van der Waals surface area (Å²) in [5.74, 6) is 1.56. The molecule has 0 unspecified atom stereocenters. The molecule has 0 aromatic heterocycles. The second-order valence-electron chi connectivity index (χ2n) is 8.52. The van der Waals surface area contributed by atoms with Gasteiger partial charge in [-0.05, 0) is 38.4 Å². The third-order valence-corrected chi connectivity index (χ3v) is 7.61. The van der Waals surface area contributed by atoms with E-state index in [2.05, 4.69) is 49.3 Å². The van der Waals surface area contributed by atoms with Gasteiger partial charge in [-0.2, -0.15) is 6.42 Å². The van der Waals surface area contributed by atoms with E-state index in [0.717, 1.165) is 28.3 Å². The molecule has 3 aromatic carbocycles. The van der Waals surface area contributed by atoms with Gasteiger partial charge in [-0.25, -0.2) is 6.54 Å². The Morgan fingerprint density at radius 3 is 2.08 bits per heavy atom. The normalized spacial score (nSPS) is 13.3. The van der Waals surface area contributed by atoms with Gasteiger partial charge in [-0.15, -0.1) is 0 Å². The number of benzene rings is 3. The van der Waals surface area contributed by atoms with E-state index >= 15 is 0 Å². The van der Waals surface area contributed by atoms with Crippen molar-refractivity contribution in [2.24, 2.45) is 4.99 Å². The van der Waals surface area contributed by atoms with Crippen molar-refractivity contribution in [1.29, 1.82) is 0 Å². The van der Waals surface area contributed by atoms with Gasteiger partial charge in [0.2, 0.25) is 0 Å². The Labute approximate surface area is 228 Å². The monoisotopic (exact) mass is 613 g/mol. The number of anilines is 1. The van der Waals surface area contributed by atoms with E-state index < -0.39 is 13.5 Å². The second kappa shape index (κ2) is 13.9. The third-order valence-electron chi connectivity index (χ3n) is 5.78. The summed E-state index contributed by atoms with van der Waals surface area (Å²) in [6, 6.07) is 17.8. The Morgan fingerprint density at radius 1 is 0.889 bits per heavy atom. The summed E-state index contributed by atoms with van der Waals surface area (Å²) in [6.07, 6.45) is 4.32. The average Bonchev–Trinajstić information content (AvgIpc) is 3.37. The number of aliphatic imine (C=N–C) groups is 1. The maximum Gasteiger partial charge on any atom is 0.0130 e. The largest absolute Gasteiger partial charge is 0.522 e. The van der Waals surface area contributed by atoms with Gasteiger partial charge in [0, 0.05) is 5.69 Å². The molecule has 1 aliphatic heterocycles. The van der Waals surface area contributed by atoms with Crippen molar-refractivity contribution in [2.75, 3.05) is 25.7 Å². The topological polar surface area (TPSA) is 34.1 Å². The van der Waals surface area contributed by atoms with Crippen LogP contribution < -0.4 is 14.4 Å². The first-order valence-electron chi connectivity index (χ1n) is 11.7. The van der Waals surface area contributed by atoms with Crippen LogP contribution in [-0.4, -0.2) is 31.6 Å².